The molecule has 6 heteroatoms. The zero-order chi connectivity index (χ0) is 16.9. The highest BCUT2D eigenvalue weighted by Crippen LogP contribution is 2.34. The maximum atomic E-state index is 12.8. The Morgan fingerprint density at radius 1 is 1.22 bits per heavy atom. The van der Waals surface area contributed by atoms with E-state index in [2.05, 4.69) is 0 Å². The summed E-state index contributed by atoms with van der Waals surface area (Å²) in [4.78, 5) is 28.0. The van der Waals surface area contributed by atoms with Crippen LogP contribution in [0.1, 0.15) is 39.0 Å². The molecule has 0 aromatic rings. The molecule has 132 valence electrons. The molecule has 0 unspecified atom stereocenters. The average molecular weight is 326 g/mol. The van der Waals surface area contributed by atoms with Crippen molar-refractivity contribution in [2.75, 3.05) is 46.5 Å². The van der Waals surface area contributed by atoms with Gasteiger partial charge < -0.3 is 19.6 Å². The van der Waals surface area contributed by atoms with E-state index in [1.165, 1.54) is 0 Å². The second kappa shape index (κ2) is 8.11. The molecule has 2 heterocycles. The second-order valence-corrected chi connectivity index (χ2v) is 7.04. The highest BCUT2D eigenvalue weighted by molar-refractivity contribution is 5.80. The minimum Gasteiger partial charge on any atom is -0.396 e. The van der Waals surface area contributed by atoms with Crippen LogP contribution in [0.5, 0.6) is 0 Å². The predicted molar refractivity (Wildman–Crippen MR) is 86.8 cm³/mol. The number of amides is 2. The summed E-state index contributed by atoms with van der Waals surface area (Å²) in [7, 11) is 1.67. The van der Waals surface area contributed by atoms with E-state index >= 15 is 0 Å². The van der Waals surface area contributed by atoms with Gasteiger partial charge in [0.1, 0.15) is 0 Å². The summed E-state index contributed by atoms with van der Waals surface area (Å²) in [6.45, 7) is 5.04. The molecule has 1 atom stereocenters. The molecule has 0 spiro atoms. The van der Waals surface area contributed by atoms with Gasteiger partial charge in [-0.05, 0) is 32.1 Å². The molecule has 0 aliphatic carbocycles. The summed E-state index contributed by atoms with van der Waals surface area (Å²) in [5.74, 6) is 0.304. The average Bonchev–Trinajstić information content (AvgIpc) is 2.59. The van der Waals surface area contributed by atoms with Crippen molar-refractivity contribution in [2.24, 2.45) is 11.3 Å². The van der Waals surface area contributed by atoms with Crippen LogP contribution >= 0.6 is 0 Å². The van der Waals surface area contributed by atoms with E-state index in [9.17, 15) is 14.7 Å². The Bertz CT molecular complexity index is 421. The van der Waals surface area contributed by atoms with Crippen LogP contribution in [0.2, 0.25) is 0 Å². The molecule has 2 aliphatic heterocycles. The Morgan fingerprint density at radius 2 is 1.91 bits per heavy atom. The molecule has 0 aromatic heterocycles. The summed E-state index contributed by atoms with van der Waals surface area (Å²) in [5, 5.41) is 9.84. The minimum atomic E-state index is -0.218. The van der Waals surface area contributed by atoms with Crippen molar-refractivity contribution < 1.29 is 19.4 Å². The van der Waals surface area contributed by atoms with E-state index in [1.54, 1.807) is 14.0 Å². The molecule has 2 amide bonds. The van der Waals surface area contributed by atoms with Gasteiger partial charge in [-0.15, -0.1) is 0 Å². The molecule has 0 radical (unpaired) electrons. The molecule has 6 nitrogen and oxygen atoms in total. The van der Waals surface area contributed by atoms with Gasteiger partial charge in [0.05, 0.1) is 6.61 Å². The van der Waals surface area contributed by atoms with Crippen molar-refractivity contribution in [2.45, 2.75) is 39.0 Å². The van der Waals surface area contributed by atoms with Crippen LogP contribution in [-0.2, 0) is 14.3 Å². The third-order valence-electron chi connectivity index (χ3n) is 5.43. The summed E-state index contributed by atoms with van der Waals surface area (Å²) >= 11 is 0. The second-order valence-electron chi connectivity index (χ2n) is 7.04. The number of aliphatic hydroxyl groups is 1. The van der Waals surface area contributed by atoms with Gasteiger partial charge in [0, 0.05) is 58.2 Å². The van der Waals surface area contributed by atoms with E-state index in [-0.39, 0.29) is 29.8 Å². The van der Waals surface area contributed by atoms with Crippen LogP contribution in [0.15, 0.2) is 0 Å². The van der Waals surface area contributed by atoms with E-state index in [0.29, 0.717) is 26.2 Å². The quantitative estimate of drug-likeness (QED) is 0.814. The first-order valence-electron chi connectivity index (χ1n) is 8.65. The Labute approximate surface area is 138 Å². The predicted octanol–water partition coefficient (Wildman–Crippen LogP) is 0.883. The van der Waals surface area contributed by atoms with Crippen LogP contribution in [0.25, 0.3) is 0 Å². The van der Waals surface area contributed by atoms with E-state index in [0.717, 1.165) is 38.6 Å². The molecule has 2 aliphatic rings. The van der Waals surface area contributed by atoms with Gasteiger partial charge in [-0.25, -0.2) is 0 Å². The molecule has 2 rings (SSSR count). The van der Waals surface area contributed by atoms with E-state index < -0.39 is 0 Å². The van der Waals surface area contributed by atoms with Gasteiger partial charge >= 0.3 is 0 Å². The lowest BCUT2D eigenvalue weighted by molar-refractivity contribution is -0.144. The lowest BCUT2D eigenvalue weighted by atomic mass is 9.77. The topological polar surface area (TPSA) is 70.1 Å². The summed E-state index contributed by atoms with van der Waals surface area (Å²) in [5.41, 5.74) is -0.218. The first kappa shape index (κ1) is 18.2. The number of nitrogens with zero attached hydrogens (tertiary/aromatic N) is 2. The highest BCUT2D eigenvalue weighted by atomic mass is 16.5. The fourth-order valence-electron chi connectivity index (χ4n) is 3.83. The zero-order valence-corrected chi connectivity index (χ0v) is 14.4. The number of piperidine rings is 2. The number of methoxy groups -OCH3 is 1. The first-order valence-corrected chi connectivity index (χ1v) is 8.65. The molecule has 0 bridgehead atoms. The molecule has 2 saturated heterocycles. The first-order chi connectivity index (χ1) is 11.0. The number of carbonyl (C=O) groups is 2. The summed E-state index contributed by atoms with van der Waals surface area (Å²) in [6.07, 6.45) is 4.16. The summed E-state index contributed by atoms with van der Waals surface area (Å²) in [6, 6.07) is 0. The Kier molecular flexibility index (Phi) is 6.41. The third-order valence-corrected chi connectivity index (χ3v) is 5.43. The van der Waals surface area contributed by atoms with Crippen LogP contribution in [-0.4, -0.2) is 73.2 Å². The SMILES string of the molecule is COCC[C@@]1(CO)CCCN(C(=O)C2CCN(C(C)=O)CC2)C1. The van der Waals surface area contributed by atoms with Gasteiger partial charge in [0.2, 0.25) is 11.8 Å². The summed E-state index contributed by atoms with van der Waals surface area (Å²) < 4.78 is 5.17. The Balaban J connectivity index is 1.93. The van der Waals surface area contributed by atoms with E-state index in [4.69, 9.17) is 4.74 Å². The monoisotopic (exact) mass is 326 g/mol. The van der Waals surface area contributed by atoms with Crippen molar-refractivity contribution in [1.82, 2.24) is 9.80 Å². The normalized spacial score (nSPS) is 26.4. The van der Waals surface area contributed by atoms with Crippen molar-refractivity contribution in [1.29, 1.82) is 0 Å². The smallest absolute Gasteiger partial charge is 0.225 e. The van der Waals surface area contributed by atoms with E-state index in [1.807, 2.05) is 9.80 Å². The van der Waals surface area contributed by atoms with Crippen LogP contribution in [0.3, 0.4) is 0 Å². The molecule has 1 N–H and O–H groups in total. The van der Waals surface area contributed by atoms with Gasteiger partial charge in [0.15, 0.2) is 0 Å². The number of hydrogen-bond acceptors (Lipinski definition) is 4. The zero-order valence-electron chi connectivity index (χ0n) is 14.4. The number of likely N-dealkylation sites (tertiary alicyclic amines) is 2. The highest BCUT2D eigenvalue weighted by Gasteiger charge is 2.38. The molecular weight excluding hydrogens is 296 g/mol. The Hall–Kier alpha value is -1.14. The Morgan fingerprint density at radius 3 is 2.48 bits per heavy atom. The largest absolute Gasteiger partial charge is 0.396 e. The van der Waals surface area contributed by atoms with Crippen LogP contribution in [0.4, 0.5) is 0 Å². The molecule has 0 aromatic carbocycles. The lowest BCUT2D eigenvalue weighted by Gasteiger charge is -2.43. The van der Waals surface area contributed by atoms with Crippen molar-refractivity contribution in [3.63, 3.8) is 0 Å². The van der Waals surface area contributed by atoms with Crippen LogP contribution in [0, 0.1) is 11.3 Å². The lowest BCUT2D eigenvalue weighted by Crippen LogP contribution is -2.51. The number of aliphatic hydroxyl groups excluding tert-OH is 1. The van der Waals surface area contributed by atoms with Gasteiger partial charge in [0.25, 0.3) is 0 Å². The standard InChI is InChI=1S/C17H30N2O4/c1-14(21)18-9-4-15(5-10-18)16(22)19-8-3-6-17(12-19,13-20)7-11-23-2/h15,20H,3-13H2,1-2H3/t17-/m0/s1. The number of ether oxygens (including phenoxy) is 1. The maximum Gasteiger partial charge on any atom is 0.225 e. The van der Waals surface area contributed by atoms with Crippen molar-refractivity contribution in [3.05, 3.63) is 0 Å². The fourth-order valence-corrected chi connectivity index (χ4v) is 3.83. The van der Waals surface area contributed by atoms with Gasteiger partial charge in [-0.3, -0.25) is 9.59 Å². The number of rotatable bonds is 5. The molecular formula is C17H30N2O4. The number of hydrogen-bond donors (Lipinski definition) is 1. The minimum absolute atomic E-state index is 0.0162. The maximum absolute atomic E-state index is 12.8. The molecule has 0 saturated carbocycles. The molecule has 23 heavy (non-hydrogen) atoms. The van der Waals surface area contributed by atoms with Crippen molar-refractivity contribution in [3.8, 4) is 0 Å². The van der Waals surface area contributed by atoms with Gasteiger partial charge in [-0.2, -0.15) is 0 Å². The van der Waals surface area contributed by atoms with Crippen molar-refractivity contribution >= 4 is 11.8 Å². The number of carbonyl (C=O) groups excluding carboxylic acids is 2. The third kappa shape index (κ3) is 4.44. The van der Waals surface area contributed by atoms with Crippen LogP contribution < -0.4 is 0 Å². The van der Waals surface area contributed by atoms with Gasteiger partial charge in [-0.1, -0.05) is 0 Å². The molecule has 2 fully saturated rings. The fraction of sp³-hybridized carbons (Fsp3) is 0.882.